The summed E-state index contributed by atoms with van der Waals surface area (Å²) in [6.45, 7) is 8.05. The van der Waals surface area contributed by atoms with E-state index in [0.717, 1.165) is 6.54 Å². The average Bonchev–Trinajstić information content (AvgIpc) is 2.12. The van der Waals surface area contributed by atoms with Crippen LogP contribution in [0.15, 0.2) is 4.99 Å². The van der Waals surface area contributed by atoms with E-state index in [1.807, 2.05) is 20.8 Å². The van der Waals surface area contributed by atoms with Crippen molar-refractivity contribution in [2.75, 3.05) is 19.7 Å². The molecule has 5 heteroatoms. The maximum absolute atomic E-state index is 5.31. The van der Waals surface area contributed by atoms with Crippen LogP contribution < -0.4 is 16.6 Å². The summed E-state index contributed by atoms with van der Waals surface area (Å²) >= 11 is 0. The number of nitrogens with zero attached hydrogens (tertiary/aromatic N) is 1. The molecule has 0 saturated carbocycles. The lowest BCUT2D eigenvalue weighted by Crippen LogP contribution is -2.41. The zero-order valence-electron chi connectivity index (χ0n) is 8.63. The fourth-order valence-corrected chi connectivity index (χ4v) is 0.877. The first-order valence-electron chi connectivity index (χ1n) is 4.61. The lowest BCUT2D eigenvalue weighted by atomic mass is 10.4. The van der Waals surface area contributed by atoms with Crippen LogP contribution in [0.3, 0.4) is 0 Å². The molecule has 0 aromatic heterocycles. The van der Waals surface area contributed by atoms with E-state index >= 15 is 0 Å². The van der Waals surface area contributed by atoms with Crippen LogP contribution in [0.5, 0.6) is 0 Å². The maximum atomic E-state index is 5.31. The molecule has 0 aromatic carbocycles. The summed E-state index contributed by atoms with van der Waals surface area (Å²) in [5.74, 6) is 5.84. The van der Waals surface area contributed by atoms with E-state index in [-0.39, 0.29) is 6.10 Å². The zero-order valence-corrected chi connectivity index (χ0v) is 8.63. The van der Waals surface area contributed by atoms with Gasteiger partial charge in [-0.2, -0.15) is 0 Å². The Morgan fingerprint density at radius 3 is 2.69 bits per heavy atom. The lowest BCUT2D eigenvalue weighted by Gasteiger charge is -2.10. The minimum atomic E-state index is 0.131. The fourth-order valence-electron chi connectivity index (χ4n) is 0.877. The topological polar surface area (TPSA) is 71.7 Å². The molecule has 1 atom stereocenters. The molecule has 78 valence electrons. The molecule has 0 aromatic rings. The van der Waals surface area contributed by atoms with Crippen molar-refractivity contribution in [1.82, 2.24) is 10.7 Å². The van der Waals surface area contributed by atoms with Gasteiger partial charge in [-0.05, 0) is 20.8 Å². The molecule has 0 saturated heterocycles. The Labute approximate surface area is 79.7 Å². The normalized spacial score (nSPS) is 14.0. The quantitative estimate of drug-likeness (QED) is 0.243. The minimum absolute atomic E-state index is 0.131. The number of nitrogens with one attached hydrogen (secondary N) is 2. The Morgan fingerprint density at radius 2 is 2.23 bits per heavy atom. The summed E-state index contributed by atoms with van der Waals surface area (Å²) in [4.78, 5) is 4.19. The molecule has 1 unspecified atom stereocenters. The molecule has 0 radical (unpaired) electrons. The third kappa shape index (κ3) is 6.36. The molecule has 0 aliphatic heterocycles. The van der Waals surface area contributed by atoms with Gasteiger partial charge in [-0.1, -0.05) is 0 Å². The Hall–Kier alpha value is -0.810. The van der Waals surface area contributed by atoms with Crippen LogP contribution in [0.4, 0.5) is 0 Å². The number of ether oxygens (including phenoxy) is 1. The summed E-state index contributed by atoms with van der Waals surface area (Å²) in [6, 6.07) is 0. The fraction of sp³-hybridized carbons (Fsp3) is 0.875. The predicted octanol–water partition coefficient (Wildman–Crippen LogP) is -0.160. The molecule has 5 nitrogen and oxygen atoms in total. The summed E-state index contributed by atoms with van der Waals surface area (Å²) < 4.78 is 5.31. The molecule has 0 amide bonds. The monoisotopic (exact) mass is 188 g/mol. The molecule has 4 N–H and O–H groups in total. The van der Waals surface area contributed by atoms with Crippen molar-refractivity contribution in [2.24, 2.45) is 10.8 Å². The molecule has 0 rings (SSSR count). The maximum Gasteiger partial charge on any atom is 0.205 e. The summed E-state index contributed by atoms with van der Waals surface area (Å²) in [6.07, 6.45) is 0.131. The van der Waals surface area contributed by atoms with Gasteiger partial charge in [-0.25, -0.2) is 10.8 Å². The second-order valence-electron chi connectivity index (χ2n) is 2.63. The van der Waals surface area contributed by atoms with Gasteiger partial charge in [0.2, 0.25) is 5.96 Å². The van der Waals surface area contributed by atoms with Gasteiger partial charge >= 0.3 is 0 Å². The van der Waals surface area contributed by atoms with Gasteiger partial charge in [0, 0.05) is 13.2 Å². The van der Waals surface area contributed by atoms with Crippen molar-refractivity contribution in [3.63, 3.8) is 0 Å². The number of rotatable bonds is 5. The second kappa shape index (κ2) is 7.82. The van der Waals surface area contributed by atoms with Gasteiger partial charge < -0.3 is 10.1 Å². The molecular weight excluding hydrogens is 168 g/mol. The molecule has 0 spiro atoms. The molecule has 0 aliphatic carbocycles. The van der Waals surface area contributed by atoms with Crippen LogP contribution in [0.2, 0.25) is 0 Å². The van der Waals surface area contributed by atoms with Crippen molar-refractivity contribution in [1.29, 1.82) is 0 Å². The number of aliphatic imine (C=N–C) groups is 1. The van der Waals surface area contributed by atoms with E-state index in [1.54, 1.807) is 0 Å². The van der Waals surface area contributed by atoms with Gasteiger partial charge in [0.1, 0.15) is 0 Å². The minimum Gasteiger partial charge on any atom is -0.377 e. The first-order valence-corrected chi connectivity index (χ1v) is 4.61. The number of hydrogen-bond acceptors (Lipinski definition) is 3. The molecular formula is C8H20N4O. The number of hydrazine groups is 1. The van der Waals surface area contributed by atoms with E-state index in [0.29, 0.717) is 19.1 Å². The largest absolute Gasteiger partial charge is 0.377 e. The third-order valence-corrected chi connectivity index (χ3v) is 1.44. The van der Waals surface area contributed by atoms with Gasteiger partial charge in [-0.15, -0.1) is 0 Å². The van der Waals surface area contributed by atoms with Crippen LogP contribution in [-0.2, 0) is 4.74 Å². The van der Waals surface area contributed by atoms with E-state index in [4.69, 9.17) is 10.6 Å². The van der Waals surface area contributed by atoms with Crippen LogP contribution in [0, 0.1) is 0 Å². The first kappa shape index (κ1) is 12.2. The van der Waals surface area contributed by atoms with Gasteiger partial charge in [-0.3, -0.25) is 5.43 Å². The highest BCUT2D eigenvalue weighted by molar-refractivity contribution is 5.79. The SMILES string of the molecule is CCNC(=NCC(C)OCC)NN. The highest BCUT2D eigenvalue weighted by atomic mass is 16.5. The van der Waals surface area contributed by atoms with Crippen molar-refractivity contribution in [3.8, 4) is 0 Å². The lowest BCUT2D eigenvalue weighted by molar-refractivity contribution is 0.0828. The van der Waals surface area contributed by atoms with Crippen molar-refractivity contribution >= 4 is 5.96 Å². The highest BCUT2D eigenvalue weighted by Crippen LogP contribution is 1.90. The zero-order chi connectivity index (χ0) is 10.1. The van der Waals surface area contributed by atoms with Crippen molar-refractivity contribution < 1.29 is 4.74 Å². The Balaban J connectivity index is 3.76. The summed E-state index contributed by atoms with van der Waals surface area (Å²) in [7, 11) is 0. The average molecular weight is 188 g/mol. The molecule has 0 bridgehead atoms. The van der Waals surface area contributed by atoms with Crippen LogP contribution in [0.1, 0.15) is 20.8 Å². The van der Waals surface area contributed by atoms with Crippen molar-refractivity contribution in [2.45, 2.75) is 26.9 Å². The molecule has 0 fully saturated rings. The Kier molecular flexibility index (Phi) is 7.33. The predicted molar refractivity (Wildman–Crippen MR) is 54.4 cm³/mol. The van der Waals surface area contributed by atoms with E-state index in [1.165, 1.54) is 0 Å². The van der Waals surface area contributed by atoms with E-state index < -0.39 is 0 Å². The van der Waals surface area contributed by atoms with Gasteiger partial charge in [0.15, 0.2) is 0 Å². The second-order valence-corrected chi connectivity index (χ2v) is 2.63. The standard InChI is InChI=1S/C8H20N4O/c1-4-10-8(12-9)11-6-7(3)13-5-2/h7H,4-6,9H2,1-3H3,(H2,10,11,12). The summed E-state index contributed by atoms with van der Waals surface area (Å²) in [5.41, 5.74) is 2.48. The summed E-state index contributed by atoms with van der Waals surface area (Å²) in [5, 5.41) is 2.99. The molecule has 0 heterocycles. The van der Waals surface area contributed by atoms with Gasteiger partial charge in [0.25, 0.3) is 0 Å². The number of hydrogen-bond donors (Lipinski definition) is 3. The van der Waals surface area contributed by atoms with Crippen molar-refractivity contribution in [3.05, 3.63) is 0 Å². The smallest absolute Gasteiger partial charge is 0.205 e. The van der Waals surface area contributed by atoms with Crippen LogP contribution in [-0.4, -0.2) is 31.8 Å². The van der Waals surface area contributed by atoms with E-state index in [9.17, 15) is 0 Å². The van der Waals surface area contributed by atoms with Gasteiger partial charge in [0.05, 0.1) is 12.6 Å². The Bertz CT molecular complexity index is 149. The Morgan fingerprint density at radius 1 is 1.54 bits per heavy atom. The van der Waals surface area contributed by atoms with E-state index in [2.05, 4.69) is 15.7 Å². The number of guanidine groups is 1. The highest BCUT2D eigenvalue weighted by Gasteiger charge is 1.99. The molecule has 13 heavy (non-hydrogen) atoms. The molecule has 0 aliphatic rings. The third-order valence-electron chi connectivity index (χ3n) is 1.44. The number of nitrogens with two attached hydrogens (primary N) is 1. The van der Waals surface area contributed by atoms with Crippen LogP contribution in [0.25, 0.3) is 0 Å². The first-order chi connectivity index (χ1) is 6.24. The van der Waals surface area contributed by atoms with Crippen LogP contribution >= 0.6 is 0 Å².